The third kappa shape index (κ3) is 2.46. The van der Waals surface area contributed by atoms with Gasteiger partial charge >= 0.3 is 0 Å². The number of carbonyl (C=O) groups excluding carboxylic acids is 1. The number of nitrogens with zero attached hydrogens (tertiary/aromatic N) is 3. The lowest BCUT2D eigenvalue weighted by Crippen LogP contribution is -2.23. The summed E-state index contributed by atoms with van der Waals surface area (Å²) >= 11 is 5.74. The van der Waals surface area contributed by atoms with Crippen molar-refractivity contribution in [1.82, 2.24) is 14.5 Å². The molecule has 1 fully saturated rings. The van der Waals surface area contributed by atoms with Gasteiger partial charge in [-0.3, -0.25) is 9.78 Å². The van der Waals surface area contributed by atoms with Gasteiger partial charge in [0.25, 0.3) is 5.91 Å². The third-order valence-corrected chi connectivity index (χ3v) is 3.51. The summed E-state index contributed by atoms with van der Waals surface area (Å²) in [5, 5.41) is 2.97. The molecule has 2 aromatic heterocycles. The Morgan fingerprint density at radius 1 is 1.42 bits per heavy atom. The number of hydrogen-bond acceptors (Lipinski definition) is 3. The molecule has 98 valence electrons. The normalized spacial score (nSPS) is 15.0. The molecular formula is C13H13ClN4O. The van der Waals surface area contributed by atoms with E-state index >= 15 is 0 Å². The van der Waals surface area contributed by atoms with Crippen molar-refractivity contribution in [3.63, 3.8) is 0 Å². The Balaban J connectivity index is 1.79. The molecule has 0 saturated heterocycles. The molecular weight excluding hydrogens is 264 g/mol. The molecule has 2 heterocycles. The third-order valence-electron chi connectivity index (χ3n) is 3.33. The van der Waals surface area contributed by atoms with Crippen molar-refractivity contribution in [3.8, 4) is 0 Å². The molecule has 5 nitrogen and oxygen atoms in total. The lowest BCUT2D eigenvalue weighted by molar-refractivity contribution is 0.101. The lowest BCUT2D eigenvalue weighted by Gasteiger charge is -2.28. The summed E-state index contributed by atoms with van der Waals surface area (Å²) < 4.78 is 2.02. The second-order valence-electron chi connectivity index (χ2n) is 4.57. The van der Waals surface area contributed by atoms with Crippen molar-refractivity contribution in [3.05, 3.63) is 41.6 Å². The van der Waals surface area contributed by atoms with E-state index in [0.29, 0.717) is 17.6 Å². The van der Waals surface area contributed by atoms with E-state index in [1.165, 1.54) is 18.8 Å². The van der Waals surface area contributed by atoms with Crippen molar-refractivity contribution in [2.75, 3.05) is 5.32 Å². The van der Waals surface area contributed by atoms with Gasteiger partial charge < -0.3 is 9.88 Å². The van der Waals surface area contributed by atoms with Gasteiger partial charge in [0.2, 0.25) is 0 Å². The van der Waals surface area contributed by atoms with E-state index in [2.05, 4.69) is 15.3 Å². The first kappa shape index (κ1) is 12.2. The van der Waals surface area contributed by atoms with Crippen LogP contribution in [0.1, 0.15) is 35.8 Å². The molecule has 0 radical (unpaired) electrons. The zero-order valence-electron chi connectivity index (χ0n) is 10.2. The quantitative estimate of drug-likeness (QED) is 0.938. The first-order valence-electron chi connectivity index (χ1n) is 6.20. The largest absolute Gasteiger partial charge is 0.340 e. The minimum atomic E-state index is -0.187. The highest BCUT2D eigenvalue weighted by molar-refractivity contribution is 6.29. The molecule has 6 heteroatoms. The number of carbonyl (C=O) groups is 1. The van der Waals surface area contributed by atoms with Crippen LogP contribution in [0.3, 0.4) is 0 Å². The molecule has 1 aliphatic rings. The minimum absolute atomic E-state index is 0.187. The van der Waals surface area contributed by atoms with Crippen molar-refractivity contribution >= 4 is 23.3 Å². The summed E-state index contributed by atoms with van der Waals surface area (Å²) in [6.45, 7) is 0. The zero-order chi connectivity index (χ0) is 13.2. The van der Waals surface area contributed by atoms with Crippen LogP contribution in [-0.4, -0.2) is 20.4 Å². The van der Waals surface area contributed by atoms with Crippen LogP contribution in [0.4, 0.5) is 5.82 Å². The highest BCUT2D eigenvalue weighted by atomic mass is 35.5. The van der Waals surface area contributed by atoms with Crippen molar-refractivity contribution < 1.29 is 4.79 Å². The Morgan fingerprint density at radius 2 is 2.26 bits per heavy atom. The summed E-state index contributed by atoms with van der Waals surface area (Å²) in [6.07, 6.45) is 8.33. The topological polar surface area (TPSA) is 59.8 Å². The van der Waals surface area contributed by atoms with Crippen molar-refractivity contribution in [2.24, 2.45) is 0 Å². The first-order valence-corrected chi connectivity index (χ1v) is 6.57. The first-order chi connectivity index (χ1) is 9.24. The van der Waals surface area contributed by atoms with Gasteiger partial charge in [0.1, 0.15) is 10.8 Å². The van der Waals surface area contributed by atoms with Crippen LogP contribution in [-0.2, 0) is 0 Å². The summed E-state index contributed by atoms with van der Waals surface area (Å²) in [5.41, 5.74) is 0.645. The monoisotopic (exact) mass is 276 g/mol. The molecule has 1 aliphatic carbocycles. The van der Waals surface area contributed by atoms with Gasteiger partial charge in [-0.1, -0.05) is 11.6 Å². The van der Waals surface area contributed by atoms with Crippen molar-refractivity contribution in [2.45, 2.75) is 25.3 Å². The van der Waals surface area contributed by atoms with E-state index in [0.717, 1.165) is 12.8 Å². The van der Waals surface area contributed by atoms with Gasteiger partial charge in [-0.2, -0.15) is 0 Å². The van der Waals surface area contributed by atoms with Crippen LogP contribution in [0, 0.1) is 0 Å². The molecule has 0 atom stereocenters. The van der Waals surface area contributed by atoms with E-state index in [9.17, 15) is 4.79 Å². The molecule has 0 bridgehead atoms. The lowest BCUT2D eigenvalue weighted by atomic mass is 9.93. The Kier molecular flexibility index (Phi) is 3.21. The standard InChI is InChI=1S/C13H13ClN4O/c14-11-7-15-8-12(16-11)17-13(19)10-5-2-6-18(10)9-3-1-4-9/h2,5-9H,1,3-4H2,(H,16,17,19). The number of nitrogens with one attached hydrogen (secondary N) is 1. The molecule has 1 amide bonds. The fraction of sp³-hybridized carbons (Fsp3) is 0.308. The van der Waals surface area contributed by atoms with Gasteiger partial charge in [-0.25, -0.2) is 4.98 Å². The number of rotatable bonds is 3. The number of amides is 1. The van der Waals surface area contributed by atoms with Gasteiger partial charge in [0, 0.05) is 12.2 Å². The predicted octanol–water partition coefficient (Wildman–Crippen LogP) is 2.91. The molecule has 1 saturated carbocycles. The maximum Gasteiger partial charge on any atom is 0.273 e. The van der Waals surface area contributed by atoms with E-state index < -0.39 is 0 Å². The van der Waals surface area contributed by atoms with Crippen LogP contribution < -0.4 is 5.32 Å². The SMILES string of the molecule is O=C(Nc1cncc(Cl)n1)c1cccn1C1CCC1. The van der Waals surface area contributed by atoms with E-state index in [1.807, 2.05) is 22.9 Å². The fourth-order valence-electron chi connectivity index (χ4n) is 2.15. The fourth-order valence-corrected chi connectivity index (χ4v) is 2.30. The van der Waals surface area contributed by atoms with Gasteiger partial charge in [-0.15, -0.1) is 0 Å². The average Bonchev–Trinajstić information content (AvgIpc) is 2.75. The Hall–Kier alpha value is -1.88. The number of aromatic nitrogens is 3. The Labute approximate surface area is 115 Å². The van der Waals surface area contributed by atoms with Crippen LogP contribution in [0.2, 0.25) is 5.15 Å². The summed E-state index contributed by atoms with van der Waals surface area (Å²) in [4.78, 5) is 20.1. The van der Waals surface area contributed by atoms with Crippen molar-refractivity contribution in [1.29, 1.82) is 0 Å². The van der Waals surface area contributed by atoms with Gasteiger partial charge in [0.15, 0.2) is 5.82 Å². The van der Waals surface area contributed by atoms with Crippen LogP contribution in [0.25, 0.3) is 0 Å². The molecule has 0 aliphatic heterocycles. The van der Waals surface area contributed by atoms with Gasteiger partial charge in [-0.05, 0) is 31.4 Å². The summed E-state index contributed by atoms with van der Waals surface area (Å²) in [7, 11) is 0. The van der Waals surface area contributed by atoms with E-state index in [-0.39, 0.29) is 11.1 Å². The van der Waals surface area contributed by atoms with Crippen LogP contribution in [0.15, 0.2) is 30.7 Å². The Morgan fingerprint density at radius 3 is 2.95 bits per heavy atom. The molecule has 0 unspecified atom stereocenters. The molecule has 2 aromatic rings. The Bertz CT molecular complexity index is 606. The average molecular weight is 277 g/mol. The molecule has 3 rings (SSSR count). The molecule has 0 aromatic carbocycles. The number of anilines is 1. The second-order valence-corrected chi connectivity index (χ2v) is 4.95. The number of hydrogen-bond donors (Lipinski definition) is 1. The molecule has 1 N–H and O–H groups in total. The van der Waals surface area contributed by atoms with E-state index in [1.54, 1.807) is 0 Å². The zero-order valence-corrected chi connectivity index (χ0v) is 11.0. The maximum absolute atomic E-state index is 12.2. The van der Waals surface area contributed by atoms with E-state index in [4.69, 9.17) is 11.6 Å². The minimum Gasteiger partial charge on any atom is -0.340 e. The number of halogens is 1. The molecule has 0 spiro atoms. The maximum atomic E-state index is 12.2. The van der Waals surface area contributed by atoms with Crippen LogP contribution >= 0.6 is 11.6 Å². The summed E-state index contributed by atoms with van der Waals surface area (Å²) in [5.74, 6) is 0.173. The highest BCUT2D eigenvalue weighted by Crippen LogP contribution is 2.32. The second kappa shape index (κ2) is 5.01. The molecule has 19 heavy (non-hydrogen) atoms. The van der Waals surface area contributed by atoms with Gasteiger partial charge in [0.05, 0.1) is 12.4 Å². The highest BCUT2D eigenvalue weighted by Gasteiger charge is 2.23. The summed E-state index contributed by atoms with van der Waals surface area (Å²) in [6, 6.07) is 4.14. The predicted molar refractivity (Wildman–Crippen MR) is 72.3 cm³/mol. The smallest absolute Gasteiger partial charge is 0.273 e. The van der Waals surface area contributed by atoms with Crippen LogP contribution in [0.5, 0.6) is 0 Å².